The van der Waals surface area contributed by atoms with E-state index in [0.29, 0.717) is 34.0 Å². The molecule has 1 aromatic carbocycles. The number of halogens is 2. The Bertz CT molecular complexity index is 1140. The number of carbonyl (C=O) groups is 2. The smallest absolute Gasteiger partial charge is 0.330 e. The number of hydrogen-bond acceptors (Lipinski definition) is 6. The molecule has 0 spiro atoms. The SMILES string of the molecule is CCCC(=O)OC1C[C@@H](n2cc(CC)c(=O)[nH]c2=O)O[C@H]1CNC(=O)Cc1c(Cl)cccc1Cl. The molecule has 0 aliphatic carbocycles. The minimum absolute atomic E-state index is 0.0335. The van der Waals surface area contributed by atoms with Crippen LogP contribution in [-0.4, -0.2) is 40.2 Å². The highest BCUT2D eigenvalue weighted by Gasteiger charge is 2.39. The van der Waals surface area contributed by atoms with Crippen molar-refractivity contribution in [3.63, 3.8) is 0 Å². The van der Waals surface area contributed by atoms with Crippen molar-refractivity contribution in [3.05, 3.63) is 66.4 Å². The summed E-state index contributed by atoms with van der Waals surface area (Å²) < 4.78 is 12.9. The number of esters is 1. The van der Waals surface area contributed by atoms with Gasteiger partial charge in [0, 0.05) is 41.2 Å². The first kappa shape index (κ1) is 26.0. The fourth-order valence-electron chi connectivity index (χ4n) is 3.74. The second-order valence-electron chi connectivity index (χ2n) is 8.00. The lowest BCUT2D eigenvalue weighted by atomic mass is 10.1. The van der Waals surface area contributed by atoms with Crippen LogP contribution in [0, 0.1) is 0 Å². The average Bonchev–Trinajstić information content (AvgIpc) is 3.17. The molecule has 1 fully saturated rings. The van der Waals surface area contributed by atoms with E-state index in [1.165, 1.54) is 10.8 Å². The zero-order valence-electron chi connectivity index (χ0n) is 18.9. The number of nitrogens with zero attached hydrogens (tertiary/aromatic N) is 1. The molecule has 1 aliphatic heterocycles. The number of benzene rings is 1. The summed E-state index contributed by atoms with van der Waals surface area (Å²) in [5.41, 5.74) is -0.138. The predicted octanol–water partition coefficient (Wildman–Crippen LogP) is 2.76. The summed E-state index contributed by atoms with van der Waals surface area (Å²) in [6.45, 7) is 3.70. The maximum atomic E-state index is 12.5. The summed E-state index contributed by atoms with van der Waals surface area (Å²) in [5, 5.41) is 3.53. The van der Waals surface area contributed by atoms with Crippen LogP contribution in [0.15, 0.2) is 34.0 Å². The third kappa shape index (κ3) is 6.28. The van der Waals surface area contributed by atoms with Gasteiger partial charge >= 0.3 is 11.7 Å². The first-order valence-corrected chi connectivity index (χ1v) is 11.9. The van der Waals surface area contributed by atoms with Gasteiger partial charge in [-0.2, -0.15) is 0 Å². The fraction of sp³-hybridized carbons (Fsp3) is 0.478. The van der Waals surface area contributed by atoms with Crippen LogP contribution in [0.3, 0.4) is 0 Å². The first-order chi connectivity index (χ1) is 16.2. The highest BCUT2D eigenvalue weighted by atomic mass is 35.5. The lowest BCUT2D eigenvalue weighted by Gasteiger charge is -2.19. The molecule has 0 bridgehead atoms. The number of carbonyl (C=O) groups excluding carboxylic acids is 2. The third-order valence-electron chi connectivity index (χ3n) is 5.55. The van der Waals surface area contributed by atoms with Crippen LogP contribution in [0.1, 0.15) is 50.5 Å². The standard InChI is InChI=1S/C23H27Cl2N3O6/c1-3-6-21(30)34-17-10-20(28-12-13(4-2)22(31)27-23(28)32)33-18(17)11-26-19(29)9-14-15(24)7-5-8-16(14)25/h5,7-8,12,17-18,20H,3-4,6,9-11H2,1-2H3,(H,26,29)(H,27,31,32)/t17?,18-,20-/m0/s1. The molecule has 3 atom stereocenters. The predicted molar refractivity (Wildman–Crippen MR) is 127 cm³/mol. The number of hydrogen-bond donors (Lipinski definition) is 2. The van der Waals surface area contributed by atoms with E-state index in [2.05, 4.69) is 10.3 Å². The van der Waals surface area contributed by atoms with Crippen molar-refractivity contribution in [3.8, 4) is 0 Å². The fourth-order valence-corrected chi connectivity index (χ4v) is 4.27. The summed E-state index contributed by atoms with van der Waals surface area (Å²) in [6.07, 6.45) is 0.763. The lowest BCUT2D eigenvalue weighted by Crippen LogP contribution is -2.39. The molecule has 1 aromatic heterocycles. The van der Waals surface area contributed by atoms with E-state index in [1.54, 1.807) is 25.1 Å². The molecule has 11 heteroatoms. The molecule has 3 rings (SSSR count). The number of H-pyrrole nitrogens is 1. The molecule has 1 saturated heterocycles. The number of ether oxygens (including phenoxy) is 2. The van der Waals surface area contributed by atoms with Crippen molar-refractivity contribution < 1.29 is 19.1 Å². The maximum Gasteiger partial charge on any atom is 0.330 e. The molecule has 0 radical (unpaired) electrons. The Labute approximate surface area is 206 Å². The van der Waals surface area contributed by atoms with Gasteiger partial charge in [-0.05, 0) is 30.5 Å². The van der Waals surface area contributed by atoms with E-state index in [4.69, 9.17) is 32.7 Å². The van der Waals surface area contributed by atoms with Gasteiger partial charge in [-0.15, -0.1) is 0 Å². The van der Waals surface area contributed by atoms with Crippen molar-refractivity contribution in [2.45, 2.75) is 64.4 Å². The molecular weight excluding hydrogens is 485 g/mol. The van der Waals surface area contributed by atoms with Gasteiger partial charge in [0.25, 0.3) is 5.56 Å². The van der Waals surface area contributed by atoms with Gasteiger partial charge in [-0.25, -0.2) is 4.79 Å². The summed E-state index contributed by atoms with van der Waals surface area (Å²) in [7, 11) is 0. The second kappa shape index (κ2) is 11.7. The third-order valence-corrected chi connectivity index (χ3v) is 6.26. The number of amides is 1. The van der Waals surface area contributed by atoms with Crippen LogP contribution in [0.4, 0.5) is 0 Å². The Morgan fingerprint density at radius 3 is 2.59 bits per heavy atom. The maximum absolute atomic E-state index is 12.5. The number of aromatic nitrogens is 2. The second-order valence-corrected chi connectivity index (χ2v) is 8.81. The Morgan fingerprint density at radius 2 is 1.94 bits per heavy atom. The van der Waals surface area contributed by atoms with Gasteiger partial charge in [0.05, 0.1) is 6.42 Å². The van der Waals surface area contributed by atoms with E-state index in [-0.39, 0.29) is 37.7 Å². The van der Waals surface area contributed by atoms with Crippen LogP contribution < -0.4 is 16.6 Å². The summed E-state index contributed by atoms with van der Waals surface area (Å²) >= 11 is 12.3. The van der Waals surface area contributed by atoms with E-state index < -0.39 is 29.7 Å². The van der Waals surface area contributed by atoms with Gasteiger partial charge < -0.3 is 14.8 Å². The van der Waals surface area contributed by atoms with E-state index in [9.17, 15) is 19.2 Å². The zero-order chi connectivity index (χ0) is 24.8. The number of aryl methyl sites for hydroxylation is 1. The van der Waals surface area contributed by atoms with Gasteiger partial charge in [-0.3, -0.25) is 23.9 Å². The van der Waals surface area contributed by atoms with Crippen LogP contribution in [-0.2, 0) is 31.9 Å². The molecule has 2 heterocycles. The highest BCUT2D eigenvalue weighted by Crippen LogP contribution is 2.30. The largest absolute Gasteiger partial charge is 0.459 e. The number of rotatable bonds is 9. The van der Waals surface area contributed by atoms with Gasteiger partial charge in [-0.1, -0.05) is 43.1 Å². The zero-order valence-corrected chi connectivity index (χ0v) is 20.4. The summed E-state index contributed by atoms with van der Waals surface area (Å²) in [4.78, 5) is 51.3. The lowest BCUT2D eigenvalue weighted by molar-refractivity contribution is -0.151. The number of aromatic amines is 1. The van der Waals surface area contributed by atoms with Crippen molar-refractivity contribution >= 4 is 35.1 Å². The Morgan fingerprint density at radius 1 is 1.24 bits per heavy atom. The molecule has 2 aromatic rings. The highest BCUT2D eigenvalue weighted by molar-refractivity contribution is 6.36. The molecular formula is C23H27Cl2N3O6. The van der Waals surface area contributed by atoms with E-state index in [1.807, 2.05) is 6.92 Å². The van der Waals surface area contributed by atoms with Crippen LogP contribution in [0.2, 0.25) is 10.0 Å². The van der Waals surface area contributed by atoms with Crippen LogP contribution >= 0.6 is 23.2 Å². The van der Waals surface area contributed by atoms with Crippen molar-refractivity contribution in [1.29, 1.82) is 0 Å². The molecule has 1 amide bonds. The molecule has 0 saturated carbocycles. The van der Waals surface area contributed by atoms with E-state index in [0.717, 1.165) is 0 Å². The minimum Gasteiger partial charge on any atom is -0.459 e. The molecule has 34 heavy (non-hydrogen) atoms. The number of nitrogens with one attached hydrogen (secondary N) is 2. The molecule has 2 N–H and O–H groups in total. The van der Waals surface area contributed by atoms with Crippen molar-refractivity contribution in [2.75, 3.05) is 6.54 Å². The quantitative estimate of drug-likeness (QED) is 0.499. The average molecular weight is 512 g/mol. The van der Waals surface area contributed by atoms with E-state index >= 15 is 0 Å². The van der Waals surface area contributed by atoms with Crippen LogP contribution in [0.25, 0.3) is 0 Å². The Kier molecular flexibility index (Phi) is 8.93. The van der Waals surface area contributed by atoms with Crippen molar-refractivity contribution in [1.82, 2.24) is 14.9 Å². The molecule has 1 aliphatic rings. The molecule has 1 unspecified atom stereocenters. The topological polar surface area (TPSA) is 119 Å². The van der Waals surface area contributed by atoms with Crippen molar-refractivity contribution in [2.24, 2.45) is 0 Å². The Hall–Kier alpha value is -2.62. The molecule has 184 valence electrons. The van der Waals surface area contributed by atoms with Gasteiger partial charge in [0.15, 0.2) is 0 Å². The molecule has 9 nitrogen and oxygen atoms in total. The summed E-state index contributed by atoms with van der Waals surface area (Å²) in [6, 6.07) is 4.99. The monoisotopic (exact) mass is 511 g/mol. The Balaban J connectivity index is 1.74. The summed E-state index contributed by atoms with van der Waals surface area (Å²) in [5.74, 6) is -0.728. The normalized spacial score (nSPS) is 19.7. The first-order valence-electron chi connectivity index (χ1n) is 11.1. The van der Waals surface area contributed by atoms with Gasteiger partial charge in [0.1, 0.15) is 18.4 Å². The van der Waals surface area contributed by atoms with Gasteiger partial charge in [0.2, 0.25) is 5.91 Å². The minimum atomic E-state index is -0.769. The van der Waals surface area contributed by atoms with Crippen LogP contribution in [0.5, 0.6) is 0 Å².